The maximum absolute atomic E-state index is 3.37. The fourth-order valence-corrected chi connectivity index (χ4v) is 1.39. The van der Waals surface area contributed by atoms with Crippen molar-refractivity contribution in [2.24, 2.45) is 0 Å². The number of hydrogen-bond donors (Lipinski definition) is 0. The summed E-state index contributed by atoms with van der Waals surface area (Å²) in [6, 6.07) is 0. The number of allylic oxidation sites excluding steroid dienone is 1. The lowest BCUT2D eigenvalue weighted by atomic mass is 10.2. The van der Waals surface area contributed by atoms with E-state index in [1.165, 1.54) is 0 Å². The van der Waals surface area contributed by atoms with E-state index in [0.29, 0.717) is 5.04 Å². The average molecular weight is 245 g/mol. The lowest BCUT2D eigenvalue weighted by molar-refractivity contribution is 0.731. The maximum atomic E-state index is 3.37. The van der Waals surface area contributed by atoms with Gasteiger partial charge in [-0.25, -0.2) is 0 Å². The van der Waals surface area contributed by atoms with Gasteiger partial charge in [0.05, 0.1) is 0 Å². The lowest BCUT2D eigenvalue weighted by Gasteiger charge is -2.31. The van der Waals surface area contributed by atoms with E-state index in [0.717, 1.165) is 0 Å². The summed E-state index contributed by atoms with van der Waals surface area (Å²) in [5, 5.41) is 0.361. The molecule has 0 radical (unpaired) electrons. The Hall–Kier alpha value is -0.00312. The van der Waals surface area contributed by atoms with Crippen molar-refractivity contribution in [1.29, 1.82) is 0 Å². The molecule has 0 aliphatic heterocycles. The quantitative estimate of drug-likeness (QED) is 0.448. The Morgan fingerprint density at radius 1 is 1.25 bits per heavy atom. The predicted octanol–water partition coefficient (Wildman–Crippen LogP) is 3.95. The smallest absolute Gasteiger partial charge is 0.126 e. The van der Waals surface area contributed by atoms with E-state index in [9.17, 15) is 0 Å². The second kappa shape index (κ2) is 4.29. The molecule has 0 aromatic carbocycles. The fourth-order valence-electron chi connectivity index (χ4n) is 0.441. The molecular weight excluding hydrogens is 228 g/mol. The number of rotatable bonds is 0. The van der Waals surface area contributed by atoms with E-state index in [2.05, 4.69) is 61.3 Å². The first-order chi connectivity index (χ1) is 5.31. The van der Waals surface area contributed by atoms with E-state index >= 15 is 0 Å². The molecule has 0 heterocycles. The Morgan fingerprint density at radius 3 is 2.08 bits per heavy atom. The first kappa shape index (κ1) is 12.0. The zero-order valence-corrected chi connectivity index (χ0v) is 11.1. The summed E-state index contributed by atoms with van der Waals surface area (Å²) in [6.45, 7) is 11.4. The predicted molar refractivity (Wildman–Crippen MR) is 63.0 cm³/mol. The Bertz CT molecular complexity index is 222. The highest BCUT2D eigenvalue weighted by Gasteiger charge is 2.33. The summed E-state index contributed by atoms with van der Waals surface area (Å²) in [7, 11) is -1.38. The van der Waals surface area contributed by atoms with E-state index in [1.54, 1.807) is 4.99 Å². The van der Waals surface area contributed by atoms with Gasteiger partial charge in [0, 0.05) is 0 Å². The molecule has 0 aromatic heterocycles. The van der Waals surface area contributed by atoms with Gasteiger partial charge in [0.2, 0.25) is 0 Å². The molecule has 0 aliphatic carbocycles. The van der Waals surface area contributed by atoms with Crippen LogP contribution in [0.15, 0.2) is 11.1 Å². The molecule has 0 unspecified atom stereocenters. The van der Waals surface area contributed by atoms with E-state index in [-0.39, 0.29) is 0 Å². The first-order valence-corrected chi connectivity index (χ1v) is 8.01. The Morgan fingerprint density at radius 2 is 1.75 bits per heavy atom. The minimum atomic E-state index is -1.38. The Labute approximate surface area is 85.6 Å². The summed E-state index contributed by atoms with van der Waals surface area (Å²) >= 11 is 3.20. The van der Waals surface area contributed by atoms with Gasteiger partial charge in [-0.1, -0.05) is 55.7 Å². The molecule has 0 N–H and O–H groups in total. The van der Waals surface area contributed by atoms with Crippen molar-refractivity contribution in [3.8, 4) is 11.5 Å². The molecule has 12 heavy (non-hydrogen) atoms. The minimum absolute atomic E-state index is 0.361. The normalized spacial score (nSPS) is 12.8. The van der Waals surface area contributed by atoms with Gasteiger partial charge in [0.25, 0.3) is 0 Å². The Kier molecular flexibility index (Phi) is 4.29. The highest BCUT2D eigenvalue weighted by atomic mass is 79.9. The average Bonchev–Trinajstić information content (AvgIpc) is 1.85. The molecule has 0 spiro atoms. The van der Waals surface area contributed by atoms with Crippen LogP contribution in [0, 0.1) is 11.5 Å². The van der Waals surface area contributed by atoms with Crippen LogP contribution in [0.5, 0.6) is 0 Å². The van der Waals surface area contributed by atoms with E-state index in [4.69, 9.17) is 0 Å². The molecule has 0 nitrogen and oxygen atoms in total. The van der Waals surface area contributed by atoms with Gasteiger partial charge in [-0.05, 0) is 16.1 Å². The lowest BCUT2D eigenvalue weighted by Crippen LogP contribution is -2.35. The third-order valence-electron chi connectivity index (χ3n) is 2.41. The SMILES string of the molecule is CC(C)(C)[Si](C)(C)C#C/C=C/Br. The van der Waals surface area contributed by atoms with Crippen molar-refractivity contribution in [3.63, 3.8) is 0 Å². The molecular formula is C10H17BrSi. The van der Waals surface area contributed by atoms with Crippen LogP contribution >= 0.6 is 15.9 Å². The molecule has 0 amide bonds. The zero-order valence-electron chi connectivity index (χ0n) is 8.53. The van der Waals surface area contributed by atoms with Crippen LogP contribution in [0.1, 0.15) is 20.8 Å². The van der Waals surface area contributed by atoms with Crippen LogP contribution in [-0.4, -0.2) is 8.07 Å². The van der Waals surface area contributed by atoms with Crippen LogP contribution in [0.2, 0.25) is 18.1 Å². The van der Waals surface area contributed by atoms with Crippen LogP contribution in [0.3, 0.4) is 0 Å². The molecule has 0 aromatic rings. The van der Waals surface area contributed by atoms with Crippen LogP contribution < -0.4 is 0 Å². The van der Waals surface area contributed by atoms with Gasteiger partial charge < -0.3 is 0 Å². The molecule has 2 heteroatoms. The van der Waals surface area contributed by atoms with Crippen molar-refractivity contribution in [2.45, 2.75) is 38.9 Å². The van der Waals surface area contributed by atoms with Gasteiger partial charge in [-0.15, -0.1) is 5.54 Å². The van der Waals surface area contributed by atoms with Gasteiger partial charge in [0.15, 0.2) is 0 Å². The van der Waals surface area contributed by atoms with Gasteiger partial charge in [-0.2, -0.15) is 0 Å². The topological polar surface area (TPSA) is 0 Å². The minimum Gasteiger partial charge on any atom is -0.126 e. The molecule has 0 bridgehead atoms. The van der Waals surface area contributed by atoms with E-state index in [1.807, 2.05) is 6.08 Å². The number of hydrogen-bond acceptors (Lipinski definition) is 0. The third kappa shape index (κ3) is 3.60. The first-order valence-electron chi connectivity index (χ1n) is 4.09. The molecule has 0 fully saturated rings. The number of halogens is 1. The maximum Gasteiger partial charge on any atom is 0.138 e. The molecule has 0 atom stereocenters. The Balaban J connectivity index is 4.57. The molecule has 0 aliphatic rings. The van der Waals surface area contributed by atoms with Crippen LogP contribution in [-0.2, 0) is 0 Å². The second-order valence-electron chi connectivity index (χ2n) is 4.44. The van der Waals surface area contributed by atoms with Crippen molar-refractivity contribution in [2.75, 3.05) is 0 Å². The summed E-state index contributed by atoms with van der Waals surface area (Å²) in [6.07, 6.45) is 1.85. The van der Waals surface area contributed by atoms with Crippen molar-refractivity contribution in [3.05, 3.63) is 11.1 Å². The summed E-state index contributed by atoms with van der Waals surface area (Å²) in [4.78, 5) is 1.80. The van der Waals surface area contributed by atoms with Crippen LogP contribution in [0.25, 0.3) is 0 Å². The summed E-state index contributed by atoms with van der Waals surface area (Å²) < 4.78 is 0. The molecule has 0 rings (SSSR count). The van der Waals surface area contributed by atoms with Crippen molar-refractivity contribution >= 4 is 24.0 Å². The monoisotopic (exact) mass is 244 g/mol. The zero-order chi connectivity index (χ0) is 9.83. The summed E-state index contributed by atoms with van der Waals surface area (Å²) in [5.74, 6) is 3.07. The highest BCUT2D eigenvalue weighted by molar-refractivity contribution is 9.11. The fraction of sp³-hybridized carbons (Fsp3) is 0.600. The van der Waals surface area contributed by atoms with E-state index < -0.39 is 8.07 Å². The summed E-state index contributed by atoms with van der Waals surface area (Å²) in [5.41, 5.74) is 3.37. The van der Waals surface area contributed by atoms with Gasteiger partial charge in [0.1, 0.15) is 8.07 Å². The van der Waals surface area contributed by atoms with Gasteiger partial charge >= 0.3 is 0 Å². The molecule has 0 saturated carbocycles. The largest absolute Gasteiger partial charge is 0.138 e. The molecule has 68 valence electrons. The van der Waals surface area contributed by atoms with Gasteiger partial charge in [-0.3, -0.25) is 0 Å². The van der Waals surface area contributed by atoms with Crippen molar-refractivity contribution < 1.29 is 0 Å². The van der Waals surface area contributed by atoms with Crippen molar-refractivity contribution in [1.82, 2.24) is 0 Å². The highest BCUT2D eigenvalue weighted by Crippen LogP contribution is 2.34. The molecule has 0 saturated heterocycles. The third-order valence-corrected chi connectivity index (χ3v) is 7.19. The second-order valence-corrected chi connectivity index (χ2v) is 9.97. The van der Waals surface area contributed by atoms with Crippen LogP contribution in [0.4, 0.5) is 0 Å². The standard InChI is InChI=1S/C10H17BrSi/c1-10(2,3)12(4,5)9-7-6-8-11/h6,8H,1-5H3/b8-6+.